The van der Waals surface area contributed by atoms with Crippen molar-refractivity contribution in [2.24, 2.45) is 0 Å². The number of benzene rings is 1. The van der Waals surface area contributed by atoms with Crippen molar-refractivity contribution >= 4 is 30.6 Å². The Morgan fingerprint density at radius 1 is 1.42 bits per heavy atom. The van der Waals surface area contributed by atoms with Gasteiger partial charge in [-0.2, -0.15) is 17.4 Å². The molecule has 166 valence electrons. The molecule has 2 unspecified atom stereocenters. The van der Waals surface area contributed by atoms with E-state index in [1.54, 1.807) is 24.3 Å². The predicted molar refractivity (Wildman–Crippen MR) is 113 cm³/mol. The molecule has 1 aliphatic heterocycles. The Morgan fingerprint density at radius 2 is 2.19 bits per heavy atom. The van der Waals surface area contributed by atoms with Gasteiger partial charge in [0.1, 0.15) is 11.9 Å². The SMILES string of the molecule is COC(=O)C(c1ccccc1F)N1CCC(S)C(=Cc2nnn(CCCC(=O)O)n2)C1. The minimum absolute atomic E-state index is 0.0244. The van der Waals surface area contributed by atoms with Crippen LogP contribution in [0.3, 0.4) is 0 Å². The number of rotatable bonds is 8. The van der Waals surface area contributed by atoms with E-state index in [1.807, 2.05) is 4.90 Å². The fourth-order valence-electron chi connectivity index (χ4n) is 3.48. The number of carboxylic acids is 1. The number of hydrogen-bond acceptors (Lipinski definition) is 8. The highest BCUT2D eigenvalue weighted by Gasteiger charge is 2.34. The van der Waals surface area contributed by atoms with E-state index in [-0.39, 0.29) is 17.2 Å². The zero-order valence-electron chi connectivity index (χ0n) is 17.0. The van der Waals surface area contributed by atoms with Crippen molar-refractivity contribution in [3.8, 4) is 0 Å². The Balaban J connectivity index is 1.78. The van der Waals surface area contributed by atoms with Gasteiger partial charge in [-0.3, -0.25) is 9.69 Å². The summed E-state index contributed by atoms with van der Waals surface area (Å²) in [5.41, 5.74) is 1.12. The molecule has 0 radical (unpaired) electrons. The lowest BCUT2D eigenvalue weighted by Gasteiger charge is -2.36. The molecule has 1 aliphatic rings. The van der Waals surface area contributed by atoms with Crippen LogP contribution in [0.4, 0.5) is 4.39 Å². The topological polar surface area (TPSA) is 110 Å². The third kappa shape index (κ3) is 5.88. The summed E-state index contributed by atoms with van der Waals surface area (Å²) < 4.78 is 19.4. The highest BCUT2D eigenvalue weighted by molar-refractivity contribution is 7.81. The fraction of sp³-hybridized carbons (Fsp3) is 0.450. The number of carbonyl (C=O) groups excluding carboxylic acids is 1. The van der Waals surface area contributed by atoms with Crippen molar-refractivity contribution in [3.63, 3.8) is 0 Å². The molecule has 1 aromatic heterocycles. The number of ether oxygens (including phenoxy) is 1. The van der Waals surface area contributed by atoms with Gasteiger partial charge in [0.05, 0.1) is 13.7 Å². The summed E-state index contributed by atoms with van der Waals surface area (Å²) in [6.07, 6.45) is 2.81. The minimum Gasteiger partial charge on any atom is -0.481 e. The number of piperidine rings is 1. The summed E-state index contributed by atoms with van der Waals surface area (Å²) in [6, 6.07) is 5.28. The van der Waals surface area contributed by atoms with Crippen LogP contribution in [0.1, 0.15) is 36.7 Å². The summed E-state index contributed by atoms with van der Waals surface area (Å²) in [5, 5.41) is 20.8. The molecule has 31 heavy (non-hydrogen) atoms. The second kappa shape index (κ2) is 10.5. The van der Waals surface area contributed by atoms with Gasteiger partial charge in [0.15, 0.2) is 5.82 Å². The first kappa shape index (κ1) is 22.9. The minimum atomic E-state index is -0.880. The average molecular weight is 450 g/mol. The largest absolute Gasteiger partial charge is 0.481 e. The molecule has 9 nitrogen and oxygen atoms in total. The molecule has 0 saturated carbocycles. The van der Waals surface area contributed by atoms with E-state index in [9.17, 15) is 14.0 Å². The number of tetrazole rings is 1. The third-order valence-electron chi connectivity index (χ3n) is 5.02. The molecule has 0 bridgehead atoms. The lowest BCUT2D eigenvalue weighted by atomic mass is 9.98. The van der Waals surface area contributed by atoms with Crippen molar-refractivity contribution in [1.29, 1.82) is 0 Å². The first-order valence-electron chi connectivity index (χ1n) is 9.83. The van der Waals surface area contributed by atoms with Crippen molar-refractivity contribution in [1.82, 2.24) is 25.1 Å². The number of carbonyl (C=O) groups is 2. The molecule has 1 aromatic carbocycles. The van der Waals surface area contributed by atoms with Crippen molar-refractivity contribution in [2.45, 2.75) is 37.1 Å². The standard InChI is InChI=1S/C20H24FN5O4S/c1-30-20(29)19(14-5-2-3-6-15(14)21)25-10-8-16(31)13(12-25)11-17-22-24-26(23-17)9-4-7-18(27)28/h2-3,5-6,11,16,19,31H,4,7-10,12H2,1H3,(H,27,28). The maximum Gasteiger partial charge on any atom is 0.327 e. The number of esters is 1. The molecule has 1 N–H and O–H groups in total. The number of hydrogen-bond donors (Lipinski definition) is 2. The number of carboxylic acid groups (broad SMARTS) is 1. The van der Waals surface area contributed by atoms with E-state index in [1.165, 1.54) is 18.0 Å². The Kier molecular flexibility index (Phi) is 7.75. The highest BCUT2D eigenvalue weighted by atomic mass is 32.1. The quantitative estimate of drug-likeness (QED) is 0.465. The Bertz CT molecular complexity index is 967. The number of aryl methyl sites for hydroxylation is 1. The van der Waals surface area contributed by atoms with Crippen LogP contribution < -0.4 is 0 Å². The average Bonchev–Trinajstić information content (AvgIpc) is 3.18. The smallest absolute Gasteiger partial charge is 0.327 e. The number of thiol groups is 1. The first-order valence-corrected chi connectivity index (χ1v) is 10.3. The fourth-order valence-corrected chi connectivity index (χ4v) is 3.75. The maximum absolute atomic E-state index is 14.4. The van der Waals surface area contributed by atoms with E-state index in [0.29, 0.717) is 38.3 Å². The number of halogens is 1. The maximum atomic E-state index is 14.4. The van der Waals surface area contributed by atoms with E-state index >= 15 is 0 Å². The lowest BCUT2D eigenvalue weighted by Crippen LogP contribution is -2.42. The van der Waals surface area contributed by atoms with E-state index in [4.69, 9.17) is 9.84 Å². The lowest BCUT2D eigenvalue weighted by molar-refractivity contribution is -0.147. The molecule has 3 rings (SSSR count). The number of nitrogens with zero attached hydrogens (tertiary/aromatic N) is 5. The van der Waals surface area contributed by atoms with Gasteiger partial charge >= 0.3 is 11.9 Å². The van der Waals surface area contributed by atoms with Gasteiger partial charge in [0.2, 0.25) is 0 Å². The number of aliphatic carboxylic acids is 1. The molecule has 0 spiro atoms. The van der Waals surface area contributed by atoms with E-state index < -0.39 is 23.8 Å². The highest BCUT2D eigenvalue weighted by Crippen LogP contribution is 2.31. The predicted octanol–water partition coefficient (Wildman–Crippen LogP) is 1.98. The van der Waals surface area contributed by atoms with Gasteiger partial charge in [-0.05, 0) is 35.8 Å². The second-order valence-corrected chi connectivity index (χ2v) is 7.81. The molecule has 0 aliphatic carbocycles. The van der Waals surface area contributed by atoms with Crippen LogP contribution in [0.2, 0.25) is 0 Å². The van der Waals surface area contributed by atoms with Gasteiger partial charge < -0.3 is 9.84 Å². The number of methoxy groups -OCH3 is 1. The zero-order valence-corrected chi connectivity index (χ0v) is 17.9. The summed E-state index contributed by atoms with van der Waals surface area (Å²) in [4.78, 5) is 26.3. The zero-order chi connectivity index (χ0) is 22.4. The van der Waals surface area contributed by atoms with Crippen LogP contribution in [-0.2, 0) is 20.9 Å². The molecule has 2 atom stereocenters. The summed E-state index contributed by atoms with van der Waals surface area (Å²) >= 11 is 4.63. The first-order chi connectivity index (χ1) is 14.9. The van der Waals surface area contributed by atoms with E-state index in [2.05, 4.69) is 28.0 Å². The van der Waals surface area contributed by atoms with Crippen LogP contribution in [0.25, 0.3) is 6.08 Å². The summed E-state index contributed by atoms with van der Waals surface area (Å²) in [7, 11) is 1.28. The molecule has 2 heterocycles. The Morgan fingerprint density at radius 3 is 2.90 bits per heavy atom. The van der Waals surface area contributed by atoms with Crippen LogP contribution in [0.15, 0.2) is 29.8 Å². The Labute approximate surface area is 184 Å². The van der Waals surface area contributed by atoms with Crippen molar-refractivity contribution < 1.29 is 23.8 Å². The van der Waals surface area contributed by atoms with Crippen molar-refractivity contribution in [2.75, 3.05) is 20.2 Å². The van der Waals surface area contributed by atoms with Gasteiger partial charge in [-0.25, -0.2) is 9.18 Å². The van der Waals surface area contributed by atoms with Crippen LogP contribution in [0.5, 0.6) is 0 Å². The summed E-state index contributed by atoms with van der Waals surface area (Å²) in [6.45, 7) is 1.24. The van der Waals surface area contributed by atoms with Crippen LogP contribution in [-0.4, -0.2) is 67.6 Å². The van der Waals surface area contributed by atoms with Gasteiger partial charge in [-0.15, -0.1) is 10.2 Å². The number of likely N-dealkylation sites (tertiary alicyclic amines) is 1. The molecule has 0 amide bonds. The van der Waals surface area contributed by atoms with Crippen LogP contribution in [0, 0.1) is 5.82 Å². The van der Waals surface area contributed by atoms with Crippen molar-refractivity contribution in [3.05, 3.63) is 47.0 Å². The molecule has 11 heteroatoms. The normalized spacial score (nSPS) is 19.3. The molecular weight excluding hydrogens is 425 g/mol. The Hall–Kier alpha value is -2.79. The van der Waals surface area contributed by atoms with E-state index in [0.717, 1.165) is 5.57 Å². The molecule has 2 aromatic rings. The number of aromatic nitrogens is 4. The molecule has 1 saturated heterocycles. The third-order valence-corrected chi connectivity index (χ3v) is 5.61. The monoisotopic (exact) mass is 449 g/mol. The van der Waals surface area contributed by atoms with Gasteiger partial charge in [0, 0.05) is 30.3 Å². The molecular formula is C20H24FN5O4S. The second-order valence-electron chi connectivity index (χ2n) is 7.18. The van der Waals surface area contributed by atoms with Crippen LogP contribution >= 0.6 is 12.6 Å². The molecule has 1 fully saturated rings. The summed E-state index contributed by atoms with van der Waals surface area (Å²) in [5.74, 6) is -1.52. The van der Waals surface area contributed by atoms with Gasteiger partial charge in [0.25, 0.3) is 0 Å². The van der Waals surface area contributed by atoms with Gasteiger partial charge in [-0.1, -0.05) is 18.2 Å².